The van der Waals surface area contributed by atoms with Crippen molar-refractivity contribution < 1.29 is 14.7 Å². The van der Waals surface area contributed by atoms with Gasteiger partial charge in [0.15, 0.2) is 5.65 Å². The first-order valence-corrected chi connectivity index (χ1v) is 8.79. The number of carbonyl (C=O) groups excluding carboxylic acids is 1. The lowest BCUT2D eigenvalue weighted by molar-refractivity contribution is -0.141. The number of aliphatic carboxylic acids is 1. The number of carbonyl (C=O) groups is 2. The fraction of sp³-hybridized carbons (Fsp3) is 0.500. The zero-order valence-corrected chi connectivity index (χ0v) is 16.0. The molecule has 1 amide bonds. The van der Waals surface area contributed by atoms with Gasteiger partial charge in [-0.1, -0.05) is 13.8 Å². The Labute approximate surface area is 155 Å². The van der Waals surface area contributed by atoms with Gasteiger partial charge in [-0.05, 0) is 32.8 Å². The number of carboxylic acids is 1. The van der Waals surface area contributed by atoms with Crippen LogP contribution in [0.4, 0.5) is 0 Å². The fourth-order valence-corrected chi connectivity index (χ4v) is 2.69. The molecule has 146 valence electrons. The van der Waals surface area contributed by atoms with Crippen LogP contribution < -0.4 is 16.6 Å². The Morgan fingerprint density at radius 3 is 2.41 bits per heavy atom. The lowest BCUT2D eigenvalue weighted by Crippen LogP contribution is -2.41. The molecule has 0 aliphatic carbocycles. The van der Waals surface area contributed by atoms with Crippen LogP contribution in [0.2, 0.25) is 0 Å². The first-order chi connectivity index (χ1) is 12.6. The molecule has 0 radical (unpaired) electrons. The van der Waals surface area contributed by atoms with E-state index in [1.807, 2.05) is 13.8 Å². The highest BCUT2D eigenvalue weighted by atomic mass is 16.4. The number of pyridine rings is 1. The number of fused-ring (bicyclic) bond motifs is 1. The summed E-state index contributed by atoms with van der Waals surface area (Å²) in [5.74, 6) is -2.48. The molecule has 0 fully saturated rings. The van der Waals surface area contributed by atoms with E-state index < -0.39 is 35.1 Å². The summed E-state index contributed by atoms with van der Waals surface area (Å²) in [6.45, 7) is 8.83. The molecule has 0 aromatic carbocycles. The zero-order valence-electron chi connectivity index (χ0n) is 16.0. The number of aryl methyl sites for hydroxylation is 1. The molecule has 2 aromatic rings. The summed E-state index contributed by atoms with van der Waals surface area (Å²) in [7, 11) is 0. The molecule has 2 unspecified atom stereocenters. The SMILES string of the molecule is CCn1c(=O)[nH]c(=O)c2c(C(=O)NC(C)C(C)C(=O)O)cc(C(C)C)nc21. The number of carboxylic acid groups (broad SMARTS) is 1. The highest BCUT2D eigenvalue weighted by molar-refractivity contribution is 6.05. The molecular weight excluding hydrogens is 352 g/mol. The van der Waals surface area contributed by atoms with Gasteiger partial charge in [-0.15, -0.1) is 0 Å². The summed E-state index contributed by atoms with van der Waals surface area (Å²) < 4.78 is 1.29. The van der Waals surface area contributed by atoms with Gasteiger partial charge in [-0.2, -0.15) is 0 Å². The average molecular weight is 376 g/mol. The molecule has 9 nitrogen and oxygen atoms in total. The second-order valence-electron chi connectivity index (χ2n) is 6.84. The van der Waals surface area contributed by atoms with Crippen molar-refractivity contribution >= 4 is 22.9 Å². The van der Waals surface area contributed by atoms with Gasteiger partial charge in [0, 0.05) is 18.3 Å². The van der Waals surface area contributed by atoms with Crippen molar-refractivity contribution in [3.05, 3.63) is 38.2 Å². The van der Waals surface area contributed by atoms with Crippen LogP contribution in [0.25, 0.3) is 11.0 Å². The molecular formula is C18H24N4O5. The summed E-state index contributed by atoms with van der Waals surface area (Å²) >= 11 is 0. The lowest BCUT2D eigenvalue weighted by atomic mass is 10.0. The third kappa shape index (κ3) is 3.91. The summed E-state index contributed by atoms with van der Waals surface area (Å²) in [4.78, 5) is 55.1. The standard InChI is InChI=1S/C18H24N4O5/c1-6-22-14-13(16(24)21-18(22)27)11(7-12(20-14)8(2)3)15(23)19-10(5)9(4)17(25)26/h7-10H,6H2,1-5H3,(H,19,23)(H,25,26)(H,21,24,27). The first kappa shape index (κ1) is 20.3. The Bertz CT molecular complexity index is 1010. The van der Waals surface area contributed by atoms with E-state index in [1.165, 1.54) is 17.6 Å². The van der Waals surface area contributed by atoms with E-state index in [0.717, 1.165) is 0 Å². The van der Waals surface area contributed by atoms with Crippen LogP contribution in [0, 0.1) is 5.92 Å². The van der Waals surface area contributed by atoms with E-state index in [4.69, 9.17) is 5.11 Å². The molecule has 0 bridgehead atoms. The van der Waals surface area contributed by atoms with Crippen molar-refractivity contribution in [1.82, 2.24) is 19.9 Å². The second kappa shape index (κ2) is 7.73. The van der Waals surface area contributed by atoms with Crippen molar-refractivity contribution in [1.29, 1.82) is 0 Å². The maximum Gasteiger partial charge on any atom is 0.329 e. The summed E-state index contributed by atoms with van der Waals surface area (Å²) in [6, 6.07) is 0.858. The fourth-order valence-electron chi connectivity index (χ4n) is 2.69. The van der Waals surface area contributed by atoms with Gasteiger partial charge in [0.1, 0.15) is 0 Å². The third-order valence-electron chi connectivity index (χ3n) is 4.62. The quantitative estimate of drug-likeness (QED) is 0.690. The summed E-state index contributed by atoms with van der Waals surface area (Å²) in [5.41, 5.74) is -0.536. The van der Waals surface area contributed by atoms with Gasteiger partial charge in [-0.25, -0.2) is 9.78 Å². The molecule has 2 rings (SSSR count). The van der Waals surface area contributed by atoms with Crippen LogP contribution >= 0.6 is 0 Å². The van der Waals surface area contributed by atoms with Crippen LogP contribution in [0.1, 0.15) is 56.6 Å². The van der Waals surface area contributed by atoms with Crippen LogP contribution in [0.3, 0.4) is 0 Å². The molecule has 0 spiro atoms. The number of H-pyrrole nitrogens is 1. The lowest BCUT2D eigenvalue weighted by Gasteiger charge is -2.19. The largest absolute Gasteiger partial charge is 0.481 e. The van der Waals surface area contributed by atoms with Gasteiger partial charge in [0.05, 0.1) is 16.9 Å². The van der Waals surface area contributed by atoms with Crippen LogP contribution in [0.5, 0.6) is 0 Å². The van der Waals surface area contributed by atoms with Gasteiger partial charge in [-0.3, -0.25) is 23.9 Å². The number of hydrogen-bond acceptors (Lipinski definition) is 5. The Morgan fingerprint density at radius 2 is 1.89 bits per heavy atom. The second-order valence-corrected chi connectivity index (χ2v) is 6.84. The van der Waals surface area contributed by atoms with Crippen molar-refractivity contribution in [2.45, 2.75) is 53.1 Å². The van der Waals surface area contributed by atoms with Crippen molar-refractivity contribution in [3.63, 3.8) is 0 Å². The predicted octanol–water partition coefficient (Wildman–Crippen LogP) is 1.07. The minimum atomic E-state index is -1.04. The molecule has 0 aliphatic heterocycles. The zero-order chi connectivity index (χ0) is 20.5. The molecule has 9 heteroatoms. The molecule has 2 atom stereocenters. The number of nitrogens with one attached hydrogen (secondary N) is 2. The first-order valence-electron chi connectivity index (χ1n) is 8.79. The molecule has 0 saturated heterocycles. The normalized spacial score (nSPS) is 13.6. The van der Waals surface area contributed by atoms with Crippen LogP contribution in [0.15, 0.2) is 15.7 Å². The van der Waals surface area contributed by atoms with Gasteiger partial charge < -0.3 is 10.4 Å². The number of rotatable bonds is 6. The van der Waals surface area contributed by atoms with E-state index in [1.54, 1.807) is 13.8 Å². The Morgan fingerprint density at radius 1 is 1.26 bits per heavy atom. The highest BCUT2D eigenvalue weighted by Gasteiger charge is 2.25. The Hall–Kier alpha value is -2.97. The van der Waals surface area contributed by atoms with Crippen molar-refractivity contribution in [2.75, 3.05) is 0 Å². The summed E-state index contributed by atoms with van der Waals surface area (Å²) in [5, 5.41) is 11.7. The summed E-state index contributed by atoms with van der Waals surface area (Å²) in [6.07, 6.45) is 0. The Kier molecular flexibility index (Phi) is 5.82. The highest BCUT2D eigenvalue weighted by Crippen LogP contribution is 2.20. The number of aromatic nitrogens is 3. The molecule has 2 heterocycles. The van der Waals surface area contributed by atoms with Gasteiger partial charge in [0.25, 0.3) is 11.5 Å². The third-order valence-corrected chi connectivity index (χ3v) is 4.62. The Balaban J connectivity index is 2.71. The van der Waals surface area contributed by atoms with Crippen LogP contribution in [-0.4, -0.2) is 37.6 Å². The number of nitrogens with zero attached hydrogens (tertiary/aromatic N) is 2. The van der Waals surface area contributed by atoms with Crippen LogP contribution in [-0.2, 0) is 11.3 Å². The maximum atomic E-state index is 12.8. The van der Waals surface area contributed by atoms with Gasteiger partial charge in [0.2, 0.25) is 0 Å². The van der Waals surface area contributed by atoms with E-state index in [9.17, 15) is 19.2 Å². The van der Waals surface area contributed by atoms with E-state index in [0.29, 0.717) is 5.69 Å². The number of amides is 1. The average Bonchev–Trinajstić information content (AvgIpc) is 2.59. The predicted molar refractivity (Wildman–Crippen MR) is 100 cm³/mol. The number of aromatic amines is 1. The van der Waals surface area contributed by atoms with E-state index in [-0.39, 0.29) is 29.1 Å². The van der Waals surface area contributed by atoms with Gasteiger partial charge >= 0.3 is 11.7 Å². The van der Waals surface area contributed by atoms with E-state index >= 15 is 0 Å². The minimum Gasteiger partial charge on any atom is -0.481 e. The molecule has 3 N–H and O–H groups in total. The monoisotopic (exact) mass is 376 g/mol. The molecule has 0 saturated carbocycles. The number of hydrogen-bond donors (Lipinski definition) is 3. The van der Waals surface area contributed by atoms with Crippen molar-refractivity contribution in [2.24, 2.45) is 5.92 Å². The smallest absolute Gasteiger partial charge is 0.329 e. The van der Waals surface area contributed by atoms with Crippen molar-refractivity contribution in [3.8, 4) is 0 Å². The minimum absolute atomic E-state index is 0.00790. The molecule has 0 aliphatic rings. The molecule has 27 heavy (non-hydrogen) atoms. The van der Waals surface area contributed by atoms with E-state index in [2.05, 4.69) is 15.3 Å². The maximum absolute atomic E-state index is 12.8. The topological polar surface area (TPSA) is 134 Å². The molecule has 2 aromatic heterocycles.